The summed E-state index contributed by atoms with van der Waals surface area (Å²) in [5.41, 5.74) is 0.930. The average Bonchev–Trinajstić information content (AvgIpc) is 2.72. The number of halogens is 1. The summed E-state index contributed by atoms with van der Waals surface area (Å²) in [5.74, 6) is 0.310. The molecule has 0 aliphatic rings. The number of aryl methyl sites for hydroxylation is 1. The number of benzene rings is 1. The zero-order chi connectivity index (χ0) is 13.1. The van der Waals surface area contributed by atoms with Crippen LogP contribution in [-0.2, 0) is 6.61 Å². The number of nitrogens with zero attached hydrogens (tertiary/aromatic N) is 1. The number of nitro groups is 1. The van der Waals surface area contributed by atoms with Crippen molar-refractivity contribution in [2.45, 2.75) is 13.5 Å². The van der Waals surface area contributed by atoms with E-state index < -0.39 is 4.92 Å². The first-order chi connectivity index (χ1) is 8.56. The van der Waals surface area contributed by atoms with Crippen molar-refractivity contribution in [3.8, 4) is 5.75 Å². The Morgan fingerprint density at radius 1 is 1.39 bits per heavy atom. The van der Waals surface area contributed by atoms with E-state index in [4.69, 9.17) is 4.74 Å². The highest BCUT2D eigenvalue weighted by atomic mass is 79.9. The van der Waals surface area contributed by atoms with Gasteiger partial charge in [0, 0.05) is 10.9 Å². The maximum absolute atomic E-state index is 10.9. The van der Waals surface area contributed by atoms with Gasteiger partial charge in [0.05, 0.1) is 8.71 Å². The van der Waals surface area contributed by atoms with E-state index in [2.05, 4.69) is 15.9 Å². The topological polar surface area (TPSA) is 52.4 Å². The monoisotopic (exact) mass is 327 g/mol. The van der Waals surface area contributed by atoms with Crippen molar-refractivity contribution in [1.82, 2.24) is 0 Å². The van der Waals surface area contributed by atoms with E-state index in [1.54, 1.807) is 23.5 Å². The quantitative estimate of drug-likeness (QED) is 0.621. The molecule has 0 radical (unpaired) electrons. The Morgan fingerprint density at radius 2 is 2.17 bits per heavy atom. The third kappa shape index (κ3) is 3.08. The third-order valence-electron chi connectivity index (χ3n) is 2.31. The predicted molar refractivity (Wildman–Crippen MR) is 74.2 cm³/mol. The number of rotatable bonds is 4. The van der Waals surface area contributed by atoms with E-state index in [1.807, 2.05) is 19.1 Å². The summed E-state index contributed by atoms with van der Waals surface area (Å²) in [4.78, 5) is 11.4. The van der Waals surface area contributed by atoms with E-state index in [1.165, 1.54) is 6.07 Å². The summed E-state index contributed by atoms with van der Waals surface area (Å²) in [7, 11) is 0. The van der Waals surface area contributed by atoms with Crippen molar-refractivity contribution in [3.63, 3.8) is 0 Å². The van der Waals surface area contributed by atoms with Gasteiger partial charge >= 0.3 is 5.69 Å². The first-order valence-corrected chi connectivity index (χ1v) is 6.79. The fourth-order valence-electron chi connectivity index (χ4n) is 1.47. The molecule has 0 atom stereocenters. The lowest BCUT2D eigenvalue weighted by atomic mass is 10.2. The minimum Gasteiger partial charge on any atom is -0.481 e. The first kappa shape index (κ1) is 13.0. The lowest BCUT2D eigenvalue weighted by molar-refractivity contribution is -0.385. The van der Waals surface area contributed by atoms with Crippen LogP contribution in [0, 0.1) is 17.0 Å². The molecule has 94 valence electrons. The Hall–Kier alpha value is -1.40. The predicted octanol–water partition coefficient (Wildman–Crippen LogP) is 4.31. The van der Waals surface area contributed by atoms with Gasteiger partial charge in [-0.3, -0.25) is 10.1 Å². The molecule has 4 nitrogen and oxygen atoms in total. The van der Waals surface area contributed by atoms with Crippen LogP contribution in [0.25, 0.3) is 0 Å². The summed E-state index contributed by atoms with van der Waals surface area (Å²) in [6.45, 7) is 2.21. The van der Waals surface area contributed by atoms with Crippen LogP contribution < -0.4 is 4.74 Å². The van der Waals surface area contributed by atoms with Gasteiger partial charge in [0.25, 0.3) is 0 Å². The lowest BCUT2D eigenvalue weighted by Gasteiger charge is -2.06. The Balaban J connectivity index is 2.17. The molecule has 2 aromatic rings. The molecule has 0 saturated heterocycles. The van der Waals surface area contributed by atoms with Gasteiger partial charge in [0.15, 0.2) is 5.75 Å². The molecule has 0 bridgehead atoms. The lowest BCUT2D eigenvalue weighted by Crippen LogP contribution is -1.98. The number of ether oxygens (including phenoxy) is 1. The zero-order valence-electron chi connectivity index (χ0n) is 9.55. The van der Waals surface area contributed by atoms with E-state index >= 15 is 0 Å². The summed E-state index contributed by atoms with van der Waals surface area (Å²) < 4.78 is 6.54. The van der Waals surface area contributed by atoms with Crippen molar-refractivity contribution in [1.29, 1.82) is 0 Å². The standard InChI is InChI=1S/C12H10BrNO3S/c1-8-2-4-10(14(15)16)11(6-8)17-7-9-3-5-12(13)18-9/h2-6H,7H2,1H3. The smallest absolute Gasteiger partial charge is 0.310 e. The van der Waals surface area contributed by atoms with Crippen LogP contribution in [0.3, 0.4) is 0 Å². The summed E-state index contributed by atoms with van der Waals surface area (Å²) in [6, 6.07) is 8.70. The van der Waals surface area contributed by atoms with Crippen molar-refractivity contribution in [3.05, 3.63) is 54.7 Å². The fraction of sp³-hybridized carbons (Fsp3) is 0.167. The van der Waals surface area contributed by atoms with Crippen molar-refractivity contribution in [2.24, 2.45) is 0 Å². The molecular weight excluding hydrogens is 318 g/mol. The second kappa shape index (κ2) is 5.49. The number of hydrogen-bond donors (Lipinski definition) is 0. The Morgan fingerprint density at radius 3 is 2.78 bits per heavy atom. The van der Waals surface area contributed by atoms with Gasteiger partial charge in [-0.15, -0.1) is 11.3 Å². The molecule has 0 saturated carbocycles. The Bertz CT molecular complexity index is 582. The average molecular weight is 328 g/mol. The maximum Gasteiger partial charge on any atom is 0.310 e. The summed E-state index contributed by atoms with van der Waals surface area (Å²) in [6.07, 6.45) is 0. The van der Waals surface area contributed by atoms with E-state index in [-0.39, 0.29) is 5.69 Å². The maximum atomic E-state index is 10.9. The molecule has 0 spiro atoms. The molecule has 6 heteroatoms. The first-order valence-electron chi connectivity index (χ1n) is 5.18. The zero-order valence-corrected chi connectivity index (χ0v) is 12.0. The van der Waals surface area contributed by atoms with Gasteiger partial charge < -0.3 is 4.74 Å². The van der Waals surface area contributed by atoms with Crippen LogP contribution in [0.4, 0.5) is 5.69 Å². The molecule has 0 amide bonds. The van der Waals surface area contributed by atoms with Gasteiger partial charge in [0.1, 0.15) is 6.61 Å². The van der Waals surface area contributed by atoms with Crippen LogP contribution in [0.2, 0.25) is 0 Å². The fourth-order valence-corrected chi connectivity index (χ4v) is 2.86. The third-order valence-corrected chi connectivity index (χ3v) is 3.91. The molecular formula is C12H10BrNO3S. The van der Waals surface area contributed by atoms with E-state index in [9.17, 15) is 10.1 Å². The molecule has 2 rings (SSSR count). The van der Waals surface area contributed by atoms with Gasteiger partial charge in [-0.25, -0.2) is 0 Å². The summed E-state index contributed by atoms with van der Waals surface area (Å²) >= 11 is 4.91. The molecule has 0 N–H and O–H groups in total. The van der Waals surface area contributed by atoms with Gasteiger partial charge in [0.2, 0.25) is 0 Å². The largest absolute Gasteiger partial charge is 0.481 e. The second-order valence-corrected chi connectivity index (χ2v) is 6.27. The summed E-state index contributed by atoms with van der Waals surface area (Å²) in [5, 5.41) is 10.9. The second-order valence-electron chi connectivity index (χ2n) is 3.72. The minimum atomic E-state index is -0.431. The van der Waals surface area contributed by atoms with Crippen LogP contribution >= 0.6 is 27.3 Å². The Kier molecular flexibility index (Phi) is 3.98. The van der Waals surface area contributed by atoms with Crippen LogP contribution in [-0.4, -0.2) is 4.92 Å². The molecule has 1 aromatic carbocycles. The van der Waals surface area contributed by atoms with Crippen LogP contribution in [0.5, 0.6) is 5.75 Å². The molecule has 0 fully saturated rings. The van der Waals surface area contributed by atoms with Crippen molar-refractivity contribution < 1.29 is 9.66 Å². The molecule has 1 aromatic heterocycles. The highest BCUT2D eigenvalue weighted by Gasteiger charge is 2.15. The molecule has 18 heavy (non-hydrogen) atoms. The van der Waals surface area contributed by atoms with Gasteiger partial charge in [-0.05, 0) is 46.6 Å². The van der Waals surface area contributed by atoms with Gasteiger partial charge in [-0.2, -0.15) is 0 Å². The highest BCUT2D eigenvalue weighted by molar-refractivity contribution is 9.11. The molecule has 0 aliphatic carbocycles. The minimum absolute atomic E-state index is 0.00350. The number of hydrogen-bond acceptors (Lipinski definition) is 4. The molecule has 0 unspecified atom stereocenters. The highest BCUT2D eigenvalue weighted by Crippen LogP contribution is 2.30. The van der Waals surface area contributed by atoms with Gasteiger partial charge in [-0.1, -0.05) is 6.07 Å². The van der Waals surface area contributed by atoms with Crippen molar-refractivity contribution >= 4 is 33.0 Å². The Labute approximate surface area is 116 Å². The molecule has 0 aliphatic heterocycles. The number of nitro benzene ring substituents is 1. The SMILES string of the molecule is Cc1ccc([N+](=O)[O-])c(OCc2ccc(Br)s2)c1. The van der Waals surface area contributed by atoms with Crippen LogP contribution in [0.15, 0.2) is 34.1 Å². The van der Waals surface area contributed by atoms with E-state index in [0.29, 0.717) is 12.4 Å². The van der Waals surface area contributed by atoms with E-state index in [0.717, 1.165) is 14.2 Å². The molecule has 1 heterocycles. The number of thiophene rings is 1. The van der Waals surface area contributed by atoms with Crippen LogP contribution in [0.1, 0.15) is 10.4 Å². The normalized spacial score (nSPS) is 10.3. The van der Waals surface area contributed by atoms with Crippen molar-refractivity contribution in [2.75, 3.05) is 0 Å².